The van der Waals surface area contributed by atoms with Gasteiger partial charge in [0, 0.05) is 22.8 Å². The zero-order valence-corrected chi connectivity index (χ0v) is 12.2. The highest BCUT2D eigenvalue weighted by molar-refractivity contribution is 9.10. The summed E-state index contributed by atoms with van der Waals surface area (Å²) in [6, 6.07) is 6.21. The highest BCUT2D eigenvalue weighted by Crippen LogP contribution is 2.29. The van der Waals surface area contributed by atoms with Gasteiger partial charge in [0.2, 0.25) is 0 Å². The van der Waals surface area contributed by atoms with Crippen LogP contribution in [-0.4, -0.2) is 24.4 Å². The zero-order chi connectivity index (χ0) is 13.0. The van der Waals surface area contributed by atoms with Crippen molar-refractivity contribution in [2.45, 2.75) is 44.4 Å². The highest BCUT2D eigenvalue weighted by Gasteiger charge is 2.23. The molecule has 2 rings (SSSR count). The van der Waals surface area contributed by atoms with Crippen LogP contribution in [0.5, 0.6) is 0 Å². The molecule has 1 aromatic rings. The lowest BCUT2D eigenvalue weighted by Crippen LogP contribution is -2.36. The van der Waals surface area contributed by atoms with Gasteiger partial charge >= 0.3 is 0 Å². The predicted molar refractivity (Wildman–Crippen MR) is 76.7 cm³/mol. The summed E-state index contributed by atoms with van der Waals surface area (Å²) in [5, 5.41) is 13.5. The Morgan fingerprint density at radius 1 is 1.39 bits per heavy atom. The van der Waals surface area contributed by atoms with E-state index in [0.29, 0.717) is 6.61 Å². The van der Waals surface area contributed by atoms with E-state index >= 15 is 0 Å². The summed E-state index contributed by atoms with van der Waals surface area (Å²) < 4.78 is 6.27. The molecule has 0 aromatic heterocycles. The first kappa shape index (κ1) is 13.8. The molecule has 1 fully saturated rings. The second-order valence-electron chi connectivity index (χ2n) is 4.80. The minimum Gasteiger partial charge on any atom is -0.391 e. The Balaban J connectivity index is 2.14. The largest absolute Gasteiger partial charge is 0.391 e. The summed E-state index contributed by atoms with van der Waals surface area (Å²) in [6.45, 7) is 0.562. The first-order chi connectivity index (χ1) is 8.72. The van der Waals surface area contributed by atoms with E-state index in [9.17, 15) is 5.11 Å². The quantitative estimate of drug-likeness (QED) is 0.896. The molecule has 0 heterocycles. The van der Waals surface area contributed by atoms with Gasteiger partial charge in [0.05, 0.1) is 18.8 Å². The Morgan fingerprint density at radius 3 is 2.89 bits per heavy atom. The number of halogens is 1. The smallest absolute Gasteiger partial charge is 0.0744 e. The molecule has 0 aliphatic heterocycles. The van der Waals surface area contributed by atoms with Gasteiger partial charge < -0.3 is 15.2 Å². The van der Waals surface area contributed by atoms with Crippen molar-refractivity contribution >= 4 is 21.6 Å². The van der Waals surface area contributed by atoms with Gasteiger partial charge in [-0.15, -0.1) is 0 Å². The molecular formula is C14H20BrNO2. The molecule has 18 heavy (non-hydrogen) atoms. The number of hydrogen-bond donors (Lipinski definition) is 2. The molecule has 3 nitrogen and oxygen atoms in total. The molecule has 2 unspecified atom stereocenters. The van der Waals surface area contributed by atoms with Crippen LogP contribution in [0, 0.1) is 0 Å². The predicted octanol–water partition coefficient (Wildman–Crippen LogP) is 3.31. The van der Waals surface area contributed by atoms with Gasteiger partial charge in [-0.3, -0.25) is 0 Å². The average Bonchev–Trinajstić information content (AvgIpc) is 2.36. The molecule has 0 amide bonds. The summed E-state index contributed by atoms with van der Waals surface area (Å²) in [7, 11) is 1.69. The maximum absolute atomic E-state index is 10.0. The number of rotatable bonds is 4. The van der Waals surface area contributed by atoms with Crippen molar-refractivity contribution in [3.63, 3.8) is 0 Å². The minimum absolute atomic E-state index is 0.156. The first-order valence-electron chi connectivity index (χ1n) is 6.43. The van der Waals surface area contributed by atoms with E-state index in [1.54, 1.807) is 7.11 Å². The molecule has 100 valence electrons. The number of anilines is 1. The van der Waals surface area contributed by atoms with Crippen LogP contribution in [0.3, 0.4) is 0 Å². The second-order valence-corrected chi connectivity index (χ2v) is 5.66. The molecule has 1 aromatic carbocycles. The molecule has 0 saturated heterocycles. The molecule has 4 heteroatoms. The zero-order valence-electron chi connectivity index (χ0n) is 10.7. The molecule has 2 atom stereocenters. The normalized spacial score (nSPS) is 23.9. The van der Waals surface area contributed by atoms with Crippen LogP contribution < -0.4 is 5.32 Å². The van der Waals surface area contributed by atoms with Gasteiger partial charge in [-0.2, -0.15) is 0 Å². The minimum atomic E-state index is -0.242. The Morgan fingerprint density at radius 2 is 2.17 bits per heavy atom. The van der Waals surface area contributed by atoms with Gasteiger partial charge in [0.15, 0.2) is 0 Å². The molecule has 2 N–H and O–H groups in total. The molecule has 1 aliphatic carbocycles. The van der Waals surface area contributed by atoms with Crippen LogP contribution in [0.2, 0.25) is 0 Å². The number of ether oxygens (including phenoxy) is 1. The van der Waals surface area contributed by atoms with Crippen LogP contribution in [0.25, 0.3) is 0 Å². The number of hydrogen-bond acceptors (Lipinski definition) is 3. The number of nitrogens with one attached hydrogen (secondary N) is 1. The third-order valence-corrected chi connectivity index (χ3v) is 4.22. The van der Waals surface area contributed by atoms with E-state index in [1.165, 1.54) is 6.42 Å². The number of aliphatic hydroxyl groups excluding tert-OH is 1. The fourth-order valence-electron chi connectivity index (χ4n) is 2.46. The standard InChI is InChI=1S/C14H20BrNO2/c1-18-9-10-11(15)5-4-7-12(10)16-13-6-2-3-8-14(13)17/h4-5,7,13-14,16-17H,2-3,6,8-9H2,1H3. The summed E-state index contributed by atoms with van der Waals surface area (Å²) in [5.74, 6) is 0. The first-order valence-corrected chi connectivity index (χ1v) is 7.22. The molecule has 0 spiro atoms. The highest BCUT2D eigenvalue weighted by atomic mass is 79.9. The topological polar surface area (TPSA) is 41.5 Å². The van der Waals surface area contributed by atoms with Gasteiger partial charge in [0.1, 0.15) is 0 Å². The van der Waals surface area contributed by atoms with E-state index < -0.39 is 0 Å². The SMILES string of the molecule is COCc1c(Br)cccc1NC1CCCCC1O. The van der Waals surface area contributed by atoms with Crippen molar-refractivity contribution < 1.29 is 9.84 Å². The molecule has 1 aliphatic rings. The van der Waals surface area contributed by atoms with Crippen molar-refractivity contribution in [2.75, 3.05) is 12.4 Å². The van der Waals surface area contributed by atoms with Crippen molar-refractivity contribution in [1.82, 2.24) is 0 Å². The maximum atomic E-state index is 10.0. The third kappa shape index (κ3) is 3.25. The molecule has 0 bridgehead atoms. The molecule has 1 saturated carbocycles. The van der Waals surface area contributed by atoms with Crippen LogP contribution in [0.4, 0.5) is 5.69 Å². The van der Waals surface area contributed by atoms with Gasteiger partial charge in [-0.25, -0.2) is 0 Å². The van der Waals surface area contributed by atoms with E-state index in [1.807, 2.05) is 18.2 Å². The average molecular weight is 314 g/mol. The fourth-order valence-corrected chi connectivity index (χ4v) is 2.94. The van der Waals surface area contributed by atoms with Crippen molar-refractivity contribution in [3.8, 4) is 0 Å². The lowest BCUT2D eigenvalue weighted by molar-refractivity contribution is 0.116. The Hall–Kier alpha value is -0.580. The maximum Gasteiger partial charge on any atom is 0.0744 e. The van der Waals surface area contributed by atoms with Crippen molar-refractivity contribution in [1.29, 1.82) is 0 Å². The van der Waals surface area contributed by atoms with Crippen molar-refractivity contribution in [3.05, 3.63) is 28.2 Å². The van der Waals surface area contributed by atoms with Crippen LogP contribution >= 0.6 is 15.9 Å². The van der Waals surface area contributed by atoms with E-state index in [2.05, 4.69) is 21.2 Å². The Labute approximate surface area is 117 Å². The fraction of sp³-hybridized carbons (Fsp3) is 0.571. The van der Waals surface area contributed by atoms with E-state index in [0.717, 1.165) is 35.0 Å². The third-order valence-electron chi connectivity index (χ3n) is 3.48. The Kier molecular flexibility index (Phi) is 5.03. The van der Waals surface area contributed by atoms with Crippen LogP contribution in [-0.2, 0) is 11.3 Å². The lowest BCUT2D eigenvalue weighted by atomic mass is 9.92. The second kappa shape index (κ2) is 6.55. The van der Waals surface area contributed by atoms with Gasteiger partial charge in [-0.1, -0.05) is 34.8 Å². The van der Waals surface area contributed by atoms with Crippen LogP contribution in [0.1, 0.15) is 31.2 Å². The monoisotopic (exact) mass is 313 g/mol. The van der Waals surface area contributed by atoms with Gasteiger partial charge in [0.25, 0.3) is 0 Å². The number of benzene rings is 1. The summed E-state index contributed by atoms with van der Waals surface area (Å²) in [4.78, 5) is 0. The van der Waals surface area contributed by atoms with E-state index in [4.69, 9.17) is 4.74 Å². The van der Waals surface area contributed by atoms with Gasteiger partial charge in [-0.05, 0) is 25.0 Å². The van der Waals surface area contributed by atoms with Crippen molar-refractivity contribution in [2.24, 2.45) is 0 Å². The molecule has 0 radical (unpaired) electrons. The van der Waals surface area contributed by atoms with Crippen LogP contribution in [0.15, 0.2) is 22.7 Å². The summed E-state index contributed by atoms with van der Waals surface area (Å²) in [6.07, 6.45) is 3.99. The lowest BCUT2D eigenvalue weighted by Gasteiger charge is -2.30. The summed E-state index contributed by atoms with van der Waals surface area (Å²) in [5.41, 5.74) is 2.16. The van der Waals surface area contributed by atoms with E-state index in [-0.39, 0.29) is 12.1 Å². The number of methoxy groups -OCH3 is 1. The Bertz CT molecular complexity index is 397. The molecular weight excluding hydrogens is 294 g/mol. The summed E-state index contributed by atoms with van der Waals surface area (Å²) >= 11 is 3.55. The number of aliphatic hydroxyl groups is 1.